The van der Waals surface area contributed by atoms with E-state index < -0.39 is 6.10 Å². The van der Waals surface area contributed by atoms with Gasteiger partial charge in [0.1, 0.15) is 5.75 Å². The molecule has 0 saturated heterocycles. The van der Waals surface area contributed by atoms with Crippen molar-refractivity contribution in [3.63, 3.8) is 0 Å². The number of benzene rings is 2. The Morgan fingerprint density at radius 3 is 2.44 bits per heavy atom. The Hall–Kier alpha value is -3.59. The number of imidazole rings is 1. The van der Waals surface area contributed by atoms with Gasteiger partial charge >= 0.3 is 0 Å². The molecule has 0 bridgehead atoms. The van der Waals surface area contributed by atoms with Crippen molar-refractivity contribution in [1.29, 1.82) is 5.26 Å². The van der Waals surface area contributed by atoms with Gasteiger partial charge in [-0.05, 0) is 55.8 Å². The van der Waals surface area contributed by atoms with Crippen molar-refractivity contribution in [2.75, 3.05) is 0 Å². The minimum Gasteiger partial charge on any atom is -0.481 e. The Bertz CT molecular complexity index is 926. The monoisotopic (exact) mass is 360 g/mol. The molecule has 0 spiro atoms. The number of nitrogens with zero attached hydrogens (tertiary/aromatic N) is 3. The zero-order valence-electron chi connectivity index (χ0n) is 15.2. The van der Waals surface area contributed by atoms with Crippen molar-refractivity contribution in [3.05, 3.63) is 78.4 Å². The first-order valence-electron chi connectivity index (χ1n) is 8.62. The molecule has 6 nitrogen and oxygen atoms in total. The number of aromatic nitrogens is 2. The van der Waals surface area contributed by atoms with Gasteiger partial charge in [0.2, 0.25) is 0 Å². The standard InChI is InChI=1S/C21H20N4O2/c1-15(18-5-7-19(8-6-18)25-12-11-23-14-25)24-21(26)16(2)27-20-9-3-17(13-22)4-10-20/h3-12,14-16H,1-2H3,(H,24,26)/t15-,16+/m0/s1. The molecule has 0 unspecified atom stereocenters. The number of rotatable bonds is 6. The largest absolute Gasteiger partial charge is 0.481 e. The normalized spacial score (nSPS) is 12.6. The first-order chi connectivity index (χ1) is 13.1. The van der Waals surface area contributed by atoms with Gasteiger partial charge in [0.05, 0.1) is 24.0 Å². The first kappa shape index (κ1) is 18.2. The van der Waals surface area contributed by atoms with E-state index >= 15 is 0 Å². The average molecular weight is 360 g/mol. The molecule has 6 heteroatoms. The second kappa shape index (κ2) is 8.19. The molecule has 1 N–H and O–H groups in total. The van der Waals surface area contributed by atoms with Crippen molar-refractivity contribution >= 4 is 5.91 Å². The summed E-state index contributed by atoms with van der Waals surface area (Å²) < 4.78 is 7.57. The third-order valence-corrected chi connectivity index (χ3v) is 4.22. The SMILES string of the molecule is C[C@H](NC(=O)[C@@H](C)Oc1ccc(C#N)cc1)c1ccc(-n2ccnc2)cc1. The Morgan fingerprint density at radius 1 is 1.15 bits per heavy atom. The Labute approximate surface area is 158 Å². The molecular weight excluding hydrogens is 340 g/mol. The molecule has 3 rings (SSSR count). The van der Waals surface area contributed by atoms with E-state index in [0.717, 1.165) is 11.3 Å². The zero-order valence-corrected chi connectivity index (χ0v) is 15.2. The number of nitriles is 1. The highest BCUT2D eigenvalue weighted by Crippen LogP contribution is 2.17. The minimum absolute atomic E-state index is 0.152. The van der Waals surface area contributed by atoms with Crippen LogP contribution in [-0.2, 0) is 4.79 Å². The van der Waals surface area contributed by atoms with Crippen LogP contribution in [0.2, 0.25) is 0 Å². The molecule has 1 aromatic heterocycles. The highest BCUT2D eigenvalue weighted by Gasteiger charge is 2.17. The van der Waals surface area contributed by atoms with Crippen molar-refractivity contribution in [3.8, 4) is 17.5 Å². The quantitative estimate of drug-likeness (QED) is 0.731. The van der Waals surface area contributed by atoms with Crippen LogP contribution in [-0.4, -0.2) is 21.6 Å². The zero-order chi connectivity index (χ0) is 19.2. The van der Waals surface area contributed by atoms with E-state index in [1.54, 1.807) is 43.7 Å². The summed E-state index contributed by atoms with van der Waals surface area (Å²) in [5.41, 5.74) is 2.55. The van der Waals surface area contributed by atoms with E-state index in [2.05, 4.69) is 10.3 Å². The lowest BCUT2D eigenvalue weighted by Crippen LogP contribution is -2.37. The summed E-state index contributed by atoms with van der Waals surface area (Å²) in [6.45, 7) is 3.63. The van der Waals surface area contributed by atoms with Crippen LogP contribution < -0.4 is 10.1 Å². The summed E-state index contributed by atoms with van der Waals surface area (Å²) in [6, 6.07) is 16.5. The second-order valence-corrected chi connectivity index (χ2v) is 6.19. The third kappa shape index (κ3) is 4.53. The molecule has 3 aromatic rings. The van der Waals surface area contributed by atoms with Crippen LogP contribution in [0.1, 0.15) is 31.0 Å². The number of carbonyl (C=O) groups excluding carboxylic acids is 1. The fourth-order valence-corrected chi connectivity index (χ4v) is 2.63. The highest BCUT2D eigenvalue weighted by atomic mass is 16.5. The fourth-order valence-electron chi connectivity index (χ4n) is 2.63. The molecule has 0 aliphatic heterocycles. The van der Waals surface area contributed by atoms with Gasteiger partial charge in [0.15, 0.2) is 6.10 Å². The number of nitrogens with one attached hydrogen (secondary N) is 1. The van der Waals surface area contributed by atoms with E-state index in [-0.39, 0.29) is 11.9 Å². The van der Waals surface area contributed by atoms with Crippen LogP contribution in [0.3, 0.4) is 0 Å². The molecule has 0 fully saturated rings. The smallest absolute Gasteiger partial charge is 0.261 e. The van der Waals surface area contributed by atoms with Crippen molar-refractivity contribution in [1.82, 2.24) is 14.9 Å². The van der Waals surface area contributed by atoms with Crippen LogP contribution in [0.25, 0.3) is 5.69 Å². The molecule has 0 aliphatic carbocycles. The van der Waals surface area contributed by atoms with Crippen LogP contribution in [0.15, 0.2) is 67.3 Å². The summed E-state index contributed by atoms with van der Waals surface area (Å²) >= 11 is 0. The summed E-state index contributed by atoms with van der Waals surface area (Å²) in [4.78, 5) is 16.4. The number of amides is 1. The third-order valence-electron chi connectivity index (χ3n) is 4.22. The topological polar surface area (TPSA) is 79.9 Å². The van der Waals surface area contributed by atoms with E-state index in [1.807, 2.05) is 48.0 Å². The lowest BCUT2D eigenvalue weighted by molar-refractivity contribution is -0.127. The summed E-state index contributed by atoms with van der Waals surface area (Å²) in [6.07, 6.45) is 4.70. The average Bonchev–Trinajstić information content (AvgIpc) is 3.23. The molecule has 1 amide bonds. The summed E-state index contributed by atoms with van der Waals surface area (Å²) in [7, 11) is 0. The van der Waals surface area contributed by atoms with Crippen molar-refractivity contribution in [2.24, 2.45) is 0 Å². The molecule has 1 heterocycles. The fraction of sp³-hybridized carbons (Fsp3) is 0.190. The van der Waals surface area contributed by atoms with Crippen molar-refractivity contribution in [2.45, 2.75) is 26.0 Å². The van der Waals surface area contributed by atoms with Gasteiger partial charge in [0.25, 0.3) is 5.91 Å². The first-order valence-corrected chi connectivity index (χ1v) is 8.62. The lowest BCUT2D eigenvalue weighted by Gasteiger charge is -2.19. The number of carbonyl (C=O) groups is 1. The number of hydrogen-bond donors (Lipinski definition) is 1. The predicted molar refractivity (Wildman–Crippen MR) is 101 cm³/mol. The van der Waals surface area contributed by atoms with Gasteiger partial charge in [0, 0.05) is 18.1 Å². The highest BCUT2D eigenvalue weighted by molar-refractivity contribution is 5.81. The molecular formula is C21H20N4O2. The summed E-state index contributed by atoms with van der Waals surface area (Å²) in [5, 5.41) is 11.8. The van der Waals surface area contributed by atoms with Gasteiger partial charge < -0.3 is 14.6 Å². The van der Waals surface area contributed by atoms with Gasteiger partial charge in [-0.15, -0.1) is 0 Å². The molecule has 136 valence electrons. The van der Waals surface area contributed by atoms with Crippen LogP contribution in [0, 0.1) is 11.3 Å². The van der Waals surface area contributed by atoms with Crippen LogP contribution in [0.5, 0.6) is 5.75 Å². The Balaban J connectivity index is 1.58. The molecule has 2 aromatic carbocycles. The van der Waals surface area contributed by atoms with Crippen molar-refractivity contribution < 1.29 is 9.53 Å². The minimum atomic E-state index is -0.648. The van der Waals surface area contributed by atoms with Gasteiger partial charge in [-0.2, -0.15) is 5.26 Å². The molecule has 2 atom stereocenters. The molecule has 0 saturated carbocycles. The predicted octanol–water partition coefficient (Wildman–Crippen LogP) is 3.39. The Kier molecular flexibility index (Phi) is 5.53. The van der Waals surface area contributed by atoms with E-state index in [1.165, 1.54) is 0 Å². The molecule has 0 aliphatic rings. The second-order valence-electron chi connectivity index (χ2n) is 6.19. The van der Waals surface area contributed by atoms with E-state index in [4.69, 9.17) is 10.00 Å². The van der Waals surface area contributed by atoms with Gasteiger partial charge in [-0.25, -0.2) is 4.98 Å². The number of ether oxygens (including phenoxy) is 1. The number of hydrogen-bond acceptors (Lipinski definition) is 4. The van der Waals surface area contributed by atoms with Gasteiger partial charge in [-0.1, -0.05) is 12.1 Å². The van der Waals surface area contributed by atoms with Gasteiger partial charge in [-0.3, -0.25) is 4.79 Å². The maximum atomic E-state index is 12.4. The maximum absolute atomic E-state index is 12.4. The Morgan fingerprint density at radius 2 is 1.85 bits per heavy atom. The lowest BCUT2D eigenvalue weighted by atomic mass is 10.1. The van der Waals surface area contributed by atoms with E-state index in [0.29, 0.717) is 11.3 Å². The van der Waals surface area contributed by atoms with E-state index in [9.17, 15) is 4.79 Å². The van der Waals surface area contributed by atoms with Crippen LogP contribution in [0.4, 0.5) is 0 Å². The molecule has 27 heavy (non-hydrogen) atoms. The molecule has 0 radical (unpaired) electrons. The summed E-state index contributed by atoms with van der Waals surface area (Å²) in [5.74, 6) is 0.347. The van der Waals surface area contributed by atoms with Crippen LogP contribution >= 0.6 is 0 Å². The maximum Gasteiger partial charge on any atom is 0.261 e.